The molecule has 132 valence electrons. The number of likely N-dealkylation sites (N-methyl/N-ethyl adjacent to an activating group) is 1. The Morgan fingerprint density at radius 1 is 1.38 bits per heavy atom. The number of sulfonamides is 1. The van der Waals surface area contributed by atoms with E-state index < -0.39 is 16.1 Å². The van der Waals surface area contributed by atoms with Gasteiger partial charge in [0.15, 0.2) is 0 Å². The zero-order valence-electron chi connectivity index (χ0n) is 14.3. The van der Waals surface area contributed by atoms with Crippen molar-refractivity contribution < 1.29 is 13.2 Å². The van der Waals surface area contributed by atoms with Crippen LogP contribution in [0, 0.1) is 12.8 Å². The highest BCUT2D eigenvalue weighted by molar-refractivity contribution is 7.88. The van der Waals surface area contributed by atoms with Gasteiger partial charge < -0.3 is 5.32 Å². The van der Waals surface area contributed by atoms with Crippen LogP contribution in [0.1, 0.15) is 17.8 Å². The number of amides is 1. The second kappa shape index (κ2) is 6.42. The van der Waals surface area contributed by atoms with E-state index >= 15 is 0 Å². The van der Waals surface area contributed by atoms with Crippen molar-refractivity contribution >= 4 is 15.9 Å². The van der Waals surface area contributed by atoms with E-state index in [1.54, 1.807) is 7.05 Å². The Kier molecular flexibility index (Phi) is 4.63. The molecule has 2 fully saturated rings. The molecule has 2 aliphatic rings. The Balaban J connectivity index is 1.76. The highest BCUT2D eigenvalue weighted by Gasteiger charge is 2.52. The van der Waals surface area contributed by atoms with Gasteiger partial charge in [-0.15, -0.1) is 0 Å². The van der Waals surface area contributed by atoms with E-state index in [1.165, 1.54) is 10.6 Å². The lowest BCUT2D eigenvalue weighted by Gasteiger charge is -2.27. The van der Waals surface area contributed by atoms with Crippen molar-refractivity contribution in [3.8, 4) is 0 Å². The fourth-order valence-corrected chi connectivity index (χ4v) is 5.37. The third-order valence-corrected chi connectivity index (χ3v) is 6.20. The summed E-state index contributed by atoms with van der Waals surface area (Å²) in [5.74, 6) is -0.0337. The number of nitrogens with one attached hydrogen (secondary N) is 1. The Bertz CT molecular complexity index is 737. The lowest BCUT2D eigenvalue weighted by atomic mass is 10.0. The van der Waals surface area contributed by atoms with Crippen LogP contribution in [0.15, 0.2) is 18.2 Å². The monoisotopic (exact) mass is 352 g/mol. The molecule has 0 spiro atoms. The quantitative estimate of drug-likeness (QED) is 0.823. The van der Waals surface area contributed by atoms with Crippen molar-refractivity contribution in [2.45, 2.75) is 32.0 Å². The summed E-state index contributed by atoms with van der Waals surface area (Å²) >= 11 is 0. The molecule has 24 heavy (non-hydrogen) atoms. The molecule has 0 aliphatic carbocycles. The average Bonchev–Trinajstić information content (AvgIpc) is 3.02. The molecule has 2 aliphatic heterocycles. The van der Waals surface area contributed by atoms with E-state index in [2.05, 4.69) is 15.2 Å². The van der Waals surface area contributed by atoms with Crippen LogP contribution < -0.4 is 5.32 Å². The average molecular weight is 352 g/mol. The number of hydrogen-bond acceptors (Lipinski definition) is 5. The minimum absolute atomic E-state index is 0.132. The Labute approximate surface area is 143 Å². The molecule has 8 heteroatoms. The van der Waals surface area contributed by atoms with Crippen LogP contribution in [-0.4, -0.2) is 67.0 Å². The van der Waals surface area contributed by atoms with Crippen LogP contribution >= 0.6 is 0 Å². The lowest BCUT2D eigenvalue weighted by Crippen LogP contribution is -2.49. The number of aryl methyl sites for hydroxylation is 1. The van der Waals surface area contributed by atoms with Gasteiger partial charge >= 0.3 is 0 Å². The number of carbonyl (C=O) groups is 1. The lowest BCUT2D eigenvalue weighted by molar-refractivity contribution is -0.124. The summed E-state index contributed by atoms with van der Waals surface area (Å²) in [4.78, 5) is 18.8. The molecular formula is C16H24N4O3S. The van der Waals surface area contributed by atoms with E-state index in [4.69, 9.17) is 0 Å². The smallest absolute Gasteiger partial charge is 0.238 e. The molecule has 0 saturated carbocycles. The Hall–Kier alpha value is -1.51. The fourth-order valence-electron chi connectivity index (χ4n) is 4.00. The Morgan fingerprint density at radius 3 is 2.75 bits per heavy atom. The van der Waals surface area contributed by atoms with Crippen LogP contribution in [0.4, 0.5) is 0 Å². The van der Waals surface area contributed by atoms with Crippen LogP contribution in [0.2, 0.25) is 0 Å². The van der Waals surface area contributed by atoms with Crippen LogP contribution in [0.5, 0.6) is 0 Å². The maximum atomic E-state index is 12.2. The third-order valence-electron chi connectivity index (χ3n) is 4.91. The van der Waals surface area contributed by atoms with Crippen molar-refractivity contribution in [1.82, 2.24) is 19.5 Å². The second-order valence-corrected chi connectivity index (χ2v) is 8.64. The van der Waals surface area contributed by atoms with Crippen LogP contribution in [0.25, 0.3) is 0 Å². The topological polar surface area (TPSA) is 82.6 Å². The molecule has 0 bridgehead atoms. The molecule has 3 atom stereocenters. The summed E-state index contributed by atoms with van der Waals surface area (Å²) in [5, 5.41) is 2.59. The molecule has 3 rings (SSSR count). The predicted molar refractivity (Wildman–Crippen MR) is 90.7 cm³/mol. The van der Waals surface area contributed by atoms with Crippen LogP contribution in [0.3, 0.4) is 0 Å². The zero-order chi connectivity index (χ0) is 17.5. The van der Waals surface area contributed by atoms with Crippen molar-refractivity contribution in [3.05, 3.63) is 29.6 Å². The van der Waals surface area contributed by atoms with E-state index in [0.717, 1.165) is 17.9 Å². The first-order chi connectivity index (χ1) is 11.3. The number of carbonyl (C=O) groups excluding carboxylic acids is 1. The number of nitrogens with zero attached hydrogens (tertiary/aromatic N) is 3. The first-order valence-electron chi connectivity index (χ1n) is 8.14. The number of pyridine rings is 1. The molecule has 0 aromatic carbocycles. The maximum absolute atomic E-state index is 12.2. The summed E-state index contributed by atoms with van der Waals surface area (Å²) in [6.45, 7) is 4.10. The van der Waals surface area contributed by atoms with Gasteiger partial charge in [0.1, 0.15) is 6.04 Å². The minimum atomic E-state index is -3.43. The van der Waals surface area contributed by atoms with Crippen molar-refractivity contribution in [2.75, 3.05) is 26.4 Å². The van der Waals surface area contributed by atoms with Gasteiger partial charge in [0.05, 0.1) is 11.9 Å². The molecule has 3 heterocycles. The highest BCUT2D eigenvalue weighted by Crippen LogP contribution is 2.37. The molecule has 1 aromatic heterocycles. The number of rotatable bonds is 4. The number of hydrogen-bond donors (Lipinski definition) is 1. The van der Waals surface area contributed by atoms with E-state index in [9.17, 15) is 13.2 Å². The SMILES string of the molecule is CNC(=O)[C@@H]1C[C@H]2CN(Cc3cccc(C)n3)C[C@H]2N1S(C)(=O)=O. The second-order valence-electron chi connectivity index (χ2n) is 6.75. The van der Waals surface area contributed by atoms with Crippen molar-refractivity contribution in [3.63, 3.8) is 0 Å². The summed E-state index contributed by atoms with van der Waals surface area (Å²) < 4.78 is 25.9. The molecule has 1 aromatic rings. The van der Waals surface area contributed by atoms with E-state index in [0.29, 0.717) is 19.5 Å². The van der Waals surface area contributed by atoms with E-state index in [1.807, 2.05) is 25.1 Å². The molecule has 1 amide bonds. The molecule has 0 unspecified atom stereocenters. The normalized spacial score (nSPS) is 28.0. The summed E-state index contributed by atoms with van der Waals surface area (Å²) in [6, 6.07) is 5.22. The van der Waals surface area contributed by atoms with Gasteiger partial charge in [-0.25, -0.2) is 8.42 Å². The standard InChI is InChI=1S/C16H24N4O3S/c1-11-5-4-6-13(18-11)9-19-8-12-7-14(16(21)17-2)20(15(12)10-19)24(3,22)23/h4-6,12,14-15H,7-10H2,1-3H3,(H,17,21)/t12-,14-,15+/m0/s1. The largest absolute Gasteiger partial charge is 0.358 e. The molecule has 0 radical (unpaired) electrons. The number of likely N-dealkylation sites (tertiary alicyclic amines) is 1. The van der Waals surface area contributed by atoms with Gasteiger partial charge in [-0.1, -0.05) is 6.07 Å². The molecule has 7 nitrogen and oxygen atoms in total. The van der Waals surface area contributed by atoms with Gasteiger partial charge in [0.25, 0.3) is 0 Å². The van der Waals surface area contributed by atoms with Gasteiger partial charge in [-0.05, 0) is 31.4 Å². The van der Waals surface area contributed by atoms with Gasteiger partial charge in [-0.2, -0.15) is 4.31 Å². The predicted octanol–water partition coefficient (Wildman–Crippen LogP) is -0.0297. The van der Waals surface area contributed by atoms with Gasteiger partial charge in [-0.3, -0.25) is 14.7 Å². The van der Waals surface area contributed by atoms with Crippen molar-refractivity contribution in [2.24, 2.45) is 5.92 Å². The third kappa shape index (κ3) is 3.31. The summed E-state index contributed by atoms with van der Waals surface area (Å²) in [7, 11) is -1.89. The Morgan fingerprint density at radius 2 is 2.12 bits per heavy atom. The van der Waals surface area contributed by atoms with Gasteiger partial charge in [0, 0.05) is 38.4 Å². The maximum Gasteiger partial charge on any atom is 0.238 e. The van der Waals surface area contributed by atoms with Crippen LogP contribution in [-0.2, 0) is 21.4 Å². The van der Waals surface area contributed by atoms with Gasteiger partial charge in [0.2, 0.25) is 15.9 Å². The van der Waals surface area contributed by atoms with E-state index in [-0.39, 0.29) is 17.9 Å². The molecule has 2 saturated heterocycles. The van der Waals surface area contributed by atoms with Crippen molar-refractivity contribution in [1.29, 1.82) is 0 Å². The first kappa shape index (κ1) is 17.3. The number of fused-ring (bicyclic) bond motifs is 1. The highest BCUT2D eigenvalue weighted by atomic mass is 32.2. The fraction of sp³-hybridized carbons (Fsp3) is 0.625. The summed E-state index contributed by atoms with van der Waals surface area (Å²) in [5.41, 5.74) is 1.97. The summed E-state index contributed by atoms with van der Waals surface area (Å²) in [6.07, 6.45) is 1.77. The molecule has 1 N–H and O–H groups in total. The minimum Gasteiger partial charge on any atom is -0.358 e. The zero-order valence-corrected chi connectivity index (χ0v) is 15.1. The number of aromatic nitrogens is 1. The molecular weight excluding hydrogens is 328 g/mol. The first-order valence-corrected chi connectivity index (χ1v) is 9.99.